The van der Waals surface area contributed by atoms with E-state index in [0.717, 1.165) is 35.3 Å². The number of rotatable bonds is 4. The van der Waals surface area contributed by atoms with Crippen LogP contribution in [-0.4, -0.2) is 27.8 Å². The quantitative estimate of drug-likeness (QED) is 0.666. The van der Waals surface area contributed by atoms with E-state index in [2.05, 4.69) is 26.1 Å². The lowest BCUT2D eigenvalue weighted by molar-refractivity contribution is 0.719. The van der Waals surface area contributed by atoms with Crippen molar-refractivity contribution in [2.45, 2.75) is 18.1 Å². The number of imidazole rings is 1. The molecule has 0 radical (unpaired) electrons. The van der Waals surface area contributed by atoms with Crippen LogP contribution in [0, 0.1) is 0 Å². The van der Waals surface area contributed by atoms with Crippen LogP contribution in [-0.2, 0) is 13.0 Å². The molecule has 1 aliphatic heterocycles. The first-order chi connectivity index (χ1) is 9.81. The number of anilines is 1. The summed E-state index contributed by atoms with van der Waals surface area (Å²) >= 11 is 1.81. The van der Waals surface area contributed by atoms with E-state index in [1.807, 2.05) is 42.1 Å². The molecule has 0 bridgehead atoms. The summed E-state index contributed by atoms with van der Waals surface area (Å²) in [5.41, 5.74) is 7.89. The zero-order chi connectivity index (χ0) is 13.8. The smallest absolute Gasteiger partial charge is 0.193 e. The summed E-state index contributed by atoms with van der Waals surface area (Å²) < 4.78 is 2.20. The van der Waals surface area contributed by atoms with Crippen LogP contribution in [0.4, 0.5) is 5.69 Å². The van der Waals surface area contributed by atoms with Crippen molar-refractivity contribution in [2.24, 2.45) is 10.7 Å². The Balaban J connectivity index is 1.52. The van der Waals surface area contributed by atoms with Gasteiger partial charge in [-0.3, -0.25) is 4.99 Å². The first kappa shape index (κ1) is 13.1. The largest absolute Gasteiger partial charge is 0.370 e. The molecule has 0 spiro atoms. The fourth-order valence-corrected chi connectivity index (χ4v) is 3.04. The number of thioether (sulfide) groups is 1. The summed E-state index contributed by atoms with van der Waals surface area (Å²) in [7, 11) is 0. The van der Waals surface area contributed by atoms with Gasteiger partial charge in [0.2, 0.25) is 0 Å². The molecule has 1 aromatic heterocycles. The average Bonchev–Trinajstić information content (AvgIpc) is 3.01. The predicted molar refractivity (Wildman–Crippen MR) is 83.2 cm³/mol. The third kappa shape index (κ3) is 3.14. The lowest BCUT2D eigenvalue weighted by Gasteiger charge is -2.04. The molecule has 104 valence electrons. The monoisotopic (exact) mass is 287 g/mol. The van der Waals surface area contributed by atoms with Crippen LogP contribution in [0.15, 0.2) is 46.7 Å². The Hall–Kier alpha value is -1.95. The van der Waals surface area contributed by atoms with Gasteiger partial charge >= 0.3 is 0 Å². The minimum Gasteiger partial charge on any atom is -0.370 e. The van der Waals surface area contributed by atoms with Crippen molar-refractivity contribution in [1.29, 1.82) is 0 Å². The molecule has 0 saturated carbocycles. The van der Waals surface area contributed by atoms with Crippen LogP contribution in [0.5, 0.6) is 0 Å². The van der Waals surface area contributed by atoms with Crippen LogP contribution in [0.2, 0.25) is 0 Å². The third-order valence-corrected chi connectivity index (χ3v) is 4.02. The molecule has 6 heteroatoms. The predicted octanol–water partition coefficient (Wildman–Crippen LogP) is 1.96. The van der Waals surface area contributed by atoms with Crippen LogP contribution in [0.25, 0.3) is 0 Å². The summed E-state index contributed by atoms with van der Waals surface area (Å²) in [6.45, 7) is 1.71. The number of guanidine groups is 1. The van der Waals surface area contributed by atoms with E-state index < -0.39 is 0 Å². The highest BCUT2D eigenvalue weighted by Crippen LogP contribution is 2.24. The second-order valence-electron chi connectivity index (χ2n) is 4.56. The number of nitrogens with two attached hydrogens (primary N) is 1. The number of para-hydroxylation sites is 1. The number of aromatic nitrogens is 2. The van der Waals surface area contributed by atoms with E-state index in [1.165, 1.54) is 0 Å². The summed E-state index contributed by atoms with van der Waals surface area (Å²) in [5, 5.41) is 4.19. The number of aliphatic imine (C=N–C) groups is 1. The van der Waals surface area contributed by atoms with Gasteiger partial charge in [0.1, 0.15) is 0 Å². The highest BCUT2D eigenvalue weighted by molar-refractivity contribution is 7.99. The summed E-state index contributed by atoms with van der Waals surface area (Å²) in [4.78, 5) is 8.89. The molecule has 3 rings (SSSR count). The van der Waals surface area contributed by atoms with Crippen LogP contribution < -0.4 is 11.1 Å². The molecular formula is C14H17N5S. The Morgan fingerprint density at radius 3 is 3.05 bits per heavy atom. The zero-order valence-electron chi connectivity index (χ0n) is 11.1. The van der Waals surface area contributed by atoms with E-state index >= 15 is 0 Å². The SMILES string of the molecule is NC(=NCCc1cn2c(n1)SCC2)Nc1ccccc1. The maximum atomic E-state index is 5.85. The number of nitrogens with one attached hydrogen (secondary N) is 1. The topological polar surface area (TPSA) is 68.2 Å². The highest BCUT2D eigenvalue weighted by Gasteiger charge is 2.13. The first-order valence-corrected chi connectivity index (χ1v) is 7.61. The van der Waals surface area contributed by atoms with E-state index in [0.29, 0.717) is 12.5 Å². The molecule has 0 saturated heterocycles. The third-order valence-electron chi connectivity index (χ3n) is 3.05. The second-order valence-corrected chi connectivity index (χ2v) is 5.63. The van der Waals surface area contributed by atoms with Gasteiger partial charge in [-0.15, -0.1) is 0 Å². The van der Waals surface area contributed by atoms with Gasteiger partial charge in [0.25, 0.3) is 0 Å². The number of hydrogen-bond donors (Lipinski definition) is 2. The maximum Gasteiger partial charge on any atom is 0.193 e. The Bertz CT molecular complexity index is 584. The molecule has 0 unspecified atom stereocenters. The Morgan fingerprint density at radius 1 is 1.40 bits per heavy atom. The summed E-state index contributed by atoms with van der Waals surface area (Å²) in [6.07, 6.45) is 2.93. The van der Waals surface area contributed by atoms with E-state index in [9.17, 15) is 0 Å². The fourth-order valence-electron chi connectivity index (χ4n) is 2.08. The number of fused-ring (bicyclic) bond motifs is 1. The van der Waals surface area contributed by atoms with E-state index in [1.54, 1.807) is 0 Å². The average molecular weight is 287 g/mol. The van der Waals surface area contributed by atoms with Crippen LogP contribution in [0.3, 0.4) is 0 Å². The minimum absolute atomic E-state index is 0.442. The highest BCUT2D eigenvalue weighted by atomic mass is 32.2. The number of hydrogen-bond acceptors (Lipinski definition) is 3. The van der Waals surface area contributed by atoms with Crippen molar-refractivity contribution >= 4 is 23.4 Å². The molecule has 2 heterocycles. The van der Waals surface area contributed by atoms with Crippen LogP contribution >= 0.6 is 11.8 Å². The first-order valence-electron chi connectivity index (χ1n) is 6.62. The molecule has 2 aromatic rings. The van der Waals surface area contributed by atoms with E-state index in [-0.39, 0.29) is 0 Å². The van der Waals surface area contributed by atoms with Crippen molar-refractivity contribution < 1.29 is 0 Å². The zero-order valence-corrected chi connectivity index (χ0v) is 11.9. The standard InChI is InChI=1S/C14H17N5S/c15-13(17-11-4-2-1-3-5-11)16-7-6-12-10-19-8-9-20-14(19)18-12/h1-5,10H,6-9H2,(H3,15,16,17). The molecule has 3 N–H and O–H groups in total. The van der Waals surface area contributed by atoms with Gasteiger partial charge in [-0.1, -0.05) is 30.0 Å². The maximum absolute atomic E-state index is 5.85. The van der Waals surface area contributed by atoms with Gasteiger partial charge in [0.05, 0.1) is 5.69 Å². The van der Waals surface area contributed by atoms with Gasteiger partial charge in [-0.25, -0.2) is 4.98 Å². The summed E-state index contributed by atoms with van der Waals surface area (Å²) in [6, 6.07) is 9.80. The van der Waals surface area contributed by atoms with Gasteiger partial charge in [-0.2, -0.15) is 0 Å². The van der Waals surface area contributed by atoms with Crippen molar-refractivity contribution in [3.8, 4) is 0 Å². The fraction of sp³-hybridized carbons (Fsp3) is 0.286. The van der Waals surface area contributed by atoms with Crippen LogP contribution in [0.1, 0.15) is 5.69 Å². The van der Waals surface area contributed by atoms with Crippen molar-refractivity contribution in [3.05, 3.63) is 42.2 Å². The molecule has 1 aliphatic rings. The molecule has 0 fully saturated rings. The molecule has 1 aromatic carbocycles. The Morgan fingerprint density at radius 2 is 2.25 bits per heavy atom. The molecule has 0 amide bonds. The Labute approximate surface area is 122 Å². The van der Waals surface area contributed by atoms with Crippen molar-refractivity contribution in [3.63, 3.8) is 0 Å². The lowest BCUT2D eigenvalue weighted by atomic mass is 10.3. The molecule has 0 atom stereocenters. The molecule has 0 aliphatic carbocycles. The van der Waals surface area contributed by atoms with Gasteiger partial charge in [0, 0.05) is 37.1 Å². The minimum atomic E-state index is 0.442. The van der Waals surface area contributed by atoms with Gasteiger partial charge < -0.3 is 15.6 Å². The normalized spacial score (nSPS) is 14.3. The van der Waals surface area contributed by atoms with Crippen molar-refractivity contribution in [2.75, 3.05) is 17.6 Å². The summed E-state index contributed by atoms with van der Waals surface area (Å²) in [5.74, 6) is 1.58. The number of benzene rings is 1. The number of aryl methyl sites for hydroxylation is 1. The van der Waals surface area contributed by atoms with Crippen molar-refractivity contribution in [1.82, 2.24) is 9.55 Å². The number of nitrogens with zero attached hydrogens (tertiary/aromatic N) is 3. The van der Waals surface area contributed by atoms with E-state index in [4.69, 9.17) is 5.73 Å². The Kier molecular flexibility index (Phi) is 3.92. The lowest BCUT2D eigenvalue weighted by Crippen LogP contribution is -2.23. The molecular weight excluding hydrogens is 270 g/mol. The molecule has 20 heavy (non-hydrogen) atoms. The second kappa shape index (κ2) is 6.00. The molecule has 5 nitrogen and oxygen atoms in total. The van der Waals surface area contributed by atoms with Gasteiger partial charge in [0.15, 0.2) is 11.1 Å². The van der Waals surface area contributed by atoms with Gasteiger partial charge in [-0.05, 0) is 12.1 Å².